The fraction of sp³-hybridized carbons (Fsp3) is 0.375. The number of carbonyl (C=O) groups excluding carboxylic acids is 2. The summed E-state index contributed by atoms with van der Waals surface area (Å²) in [4.78, 5) is 29.1. The Morgan fingerprint density at radius 2 is 1.54 bits per heavy atom. The maximum absolute atomic E-state index is 14.2. The Morgan fingerprint density at radius 1 is 0.902 bits per heavy atom. The van der Waals surface area contributed by atoms with Gasteiger partial charge >= 0.3 is 0 Å². The third kappa shape index (κ3) is 7.88. The maximum atomic E-state index is 14.2. The third-order valence-electron chi connectivity index (χ3n) is 7.07. The van der Waals surface area contributed by atoms with Crippen LogP contribution in [-0.4, -0.2) is 50.9 Å². The number of methoxy groups -OCH3 is 1. The molecule has 2 atom stereocenters. The van der Waals surface area contributed by atoms with Crippen LogP contribution in [0.5, 0.6) is 5.75 Å². The molecular weight excluding hydrogens is 538 g/mol. The summed E-state index contributed by atoms with van der Waals surface area (Å²) in [6, 6.07) is 20.0. The minimum Gasteiger partial charge on any atom is -0.495 e. The van der Waals surface area contributed by atoms with Crippen LogP contribution in [0.25, 0.3) is 0 Å². The van der Waals surface area contributed by atoms with Crippen LogP contribution in [0.4, 0.5) is 5.69 Å². The van der Waals surface area contributed by atoms with Gasteiger partial charge in [0.05, 0.1) is 17.7 Å². The molecule has 2 amide bonds. The van der Waals surface area contributed by atoms with Crippen LogP contribution in [0.15, 0.2) is 77.7 Å². The van der Waals surface area contributed by atoms with E-state index < -0.39 is 28.5 Å². The van der Waals surface area contributed by atoms with E-state index in [2.05, 4.69) is 5.32 Å². The molecule has 3 rings (SSSR count). The molecule has 1 N–H and O–H groups in total. The lowest BCUT2D eigenvalue weighted by Gasteiger charge is -2.34. The van der Waals surface area contributed by atoms with Crippen LogP contribution in [-0.2, 0) is 26.2 Å². The summed E-state index contributed by atoms with van der Waals surface area (Å²) in [5.74, 6) is -0.456. The van der Waals surface area contributed by atoms with Gasteiger partial charge in [-0.05, 0) is 69.0 Å². The zero-order chi connectivity index (χ0) is 30.2. The van der Waals surface area contributed by atoms with Crippen molar-refractivity contribution < 1.29 is 22.7 Å². The number of anilines is 1. The average molecular weight is 580 g/mol. The maximum Gasteiger partial charge on any atom is 0.264 e. The van der Waals surface area contributed by atoms with Crippen molar-refractivity contribution in [3.8, 4) is 5.75 Å². The van der Waals surface area contributed by atoms with Gasteiger partial charge in [-0.15, -0.1) is 0 Å². The second-order valence-corrected chi connectivity index (χ2v) is 12.1. The summed E-state index contributed by atoms with van der Waals surface area (Å²) in [5.41, 5.74) is 2.96. The second-order valence-electron chi connectivity index (χ2n) is 10.2. The highest BCUT2D eigenvalue weighted by molar-refractivity contribution is 7.92. The standard InChI is InChI=1S/C32H41N3O5S/c1-7-25(5)33-32(37)28(8-2)34(21-26-17-14-23(3)15-18-26)31(36)22-35(29-20-24(4)16-19-30(29)40-6)41(38,39)27-12-10-9-11-13-27/h9-20,25,28H,7-8,21-22H2,1-6H3,(H,33,37)/t25-,28-/m1/s1. The zero-order valence-electron chi connectivity index (χ0n) is 24.8. The summed E-state index contributed by atoms with van der Waals surface area (Å²) < 4.78 is 34.7. The zero-order valence-corrected chi connectivity index (χ0v) is 25.6. The number of nitrogens with one attached hydrogen (secondary N) is 1. The van der Waals surface area contributed by atoms with E-state index in [4.69, 9.17) is 4.74 Å². The molecule has 0 bridgehead atoms. The number of rotatable bonds is 13. The van der Waals surface area contributed by atoms with Crippen molar-refractivity contribution in [1.29, 1.82) is 0 Å². The molecule has 0 saturated heterocycles. The number of hydrogen-bond donors (Lipinski definition) is 1. The molecular formula is C32H41N3O5S. The molecule has 220 valence electrons. The van der Waals surface area contributed by atoms with E-state index in [0.29, 0.717) is 12.2 Å². The molecule has 8 nitrogen and oxygen atoms in total. The normalized spacial score (nSPS) is 12.7. The lowest BCUT2D eigenvalue weighted by molar-refractivity contribution is -0.140. The number of benzene rings is 3. The number of hydrogen-bond acceptors (Lipinski definition) is 5. The van der Waals surface area contributed by atoms with Crippen LogP contribution >= 0.6 is 0 Å². The van der Waals surface area contributed by atoms with Gasteiger partial charge < -0.3 is 15.0 Å². The monoisotopic (exact) mass is 579 g/mol. The first kappa shape index (κ1) is 31.7. The Kier molecular flexibility index (Phi) is 10.9. The number of ether oxygens (including phenoxy) is 1. The lowest BCUT2D eigenvalue weighted by Crippen LogP contribution is -2.53. The van der Waals surface area contributed by atoms with Crippen LogP contribution in [0.2, 0.25) is 0 Å². The summed E-state index contributed by atoms with van der Waals surface area (Å²) in [6.45, 7) is 9.18. The molecule has 0 heterocycles. The first-order valence-corrected chi connectivity index (χ1v) is 15.3. The van der Waals surface area contributed by atoms with Crippen molar-refractivity contribution in [2.24, 2.45) is 0 Å². The van der Waals surface area contributed by atoms with Crippen molar-refractivity contribution in [3.63, 3.8) is 0 Å². The van der Waals surface area contributed by atoms with Crippen molar-refractivity contribution in [3.05, 3.63) is 89.5 Å². The van der Waals surface area contributed by atoms with E-state index in [1.165, 1.54) is 24.1 Å². The number of amides is 2. The van der Waals surface area contributed by atoms with E-state index in [9.17, 15) is 18.0 Å². The van der Waals surface area contributed by atoms with Crippen molar-refractivity contribution >= 4 is 27.5 Å². The van der Waals surface area contributed by atoms with Crippen molar-refractivity contribution in [1.82, 2.24) is 10.2 Å². The molecule has 0 unspecified atom stereocenters. The van der Waals surface area contributed by atoms with Gasteiger partial charge in [0, 0.05) is 12.6 Å². The summed E-state index contributed by atoms with van der Waals surface area (Å²) in [6.07, 6.45) is 1.10. The molecule has 3 aromatic carbocycles. The summed E-state index contributed by atoms with van der Waals surface area (Å²) in [7, 11) is -2.72. The Hall–Kier alpha value is -3.85. The predicted molar refractivity (Wildman–Crippen MR) is 162 cm³/mol. The summed E-state index contributed by atoms with van der Waals surface area (Å²) in [5, 5.41) is 2.99. The average Bonchev–Trinajstić information content (AvgIpc) is 2.96. The highest BCUT2D eigenvalue weighted by atomic mass is 32.2. The number of aryl methyl sites for hydroxylation is 2. The topological polar surface area (TPSA) is 96.0 Å². The predicted octanol–water partition coefficient (Wildman–Crippen LogP) is 5.23. The number of nitrogens with zero attached hydrogens (tertiary/aromatic N) is 2. The quantitative estimate of drug-likeness (QED) is 0.299. The minimum atomic E-state index is -4.18. The first-order valence-electron chi connectivity index (χ1n) is 13.9. The van der Waals surface area contributed by atoms with E-state index in [1.807, 2.05) is 65.0 Å². The highest BCUT2D eigenvalue weighted by Crippen LogP contribution is 2.33. The van der Waals surface area contributed by atoms with E-state index in [1.54, 1.807) is 30.3 Å². The molecule has 0 saturated carbocycles. The van der Waals surface area contributed by atoms with Gasteiger partial charge in [-0.25, -0.2) is 8.42 Å². The second kappa shape index (κ2) is 14.2. The van der Waals surface area contributed by atoms with Crippen molar-refractivity contribution in [2.45, 2.75) is 71.0 Å². The summed E-state index contributed by atoms with van der Waals surface area (Å²) >= 11 is 0. The van der Waals surface area contributed by atoms with Crippen LogP contribution < -0.4 is 14.4 Å². The molecule has 0 aliphatic rings. The molecule has 0 spiro atoms. The van der Waals surface area contributed by atoms with Gasteiger partial charge in [-0.3, -0.25) is 13.9 Å². The molecule has 0 aliphatic carbocycles. The van der Waals surface area contributed by atoms with Gasteiger partial charge in [0.25, 0.3) is 10.0 Å². The van der Waals surface area contributed by atoms with Crippen LogP contribution in [0, 0.1) is 13.8 Å². The smallest absolute Gasteiger partial charge is 0.264 e. The first-order chi connectivity index (χ1) is 19.5. The Labute approximate surface area is 244 Å². The molecule has 0 radical (unpaired) electrons. The molecule has 0 fully saturated rings. The number of sulfonamides is 1. The molecule has 9 heteroatoms. The van der Waals surface area contributed by atoms with Gasteiger partial charge in [0.15, 0.2) is 0 Å². The molecule has 41 heavy (non-hydrogen) atoms. The van der Waals surface area contributed by atoms with E-state index >= 15 is 0 Å². The van der Waals surface area contributed by atoms with E-state index in [-0.39, 0.29) is 29.1 Å². The molecule has 0 aliphatic heterocycles. The highest BCUT2D eigenvalue weighted by Gasteiger charge is 2.35. The minimum absolute atomic E-state index is 0.0444. The third-order valence-corrected chi connectivity index (χ3v) is 8.85. The van der Waals surface area contributed by atoms with Crippen LogP contribution in [0.1, 0.15) is 50.3 Å². The van der Waals surface area contributed by atoms with Crippen molar-refractivity contribution in [2.75, 3.05) is 18.0 Å². The number of carbonyl (C=O) groups is 2. The fourth-order valence-electron chi connectivity index (χ4n) is 4.48. The van der Waals surface area contributed by atoms with Crippen LogP contribution in [0.3, 0.4) is 0 Å². The van der Waals surface area contributed by atoms with Gasteiger partial charge in [-0.2, -0.15) is 0 Å². The van der Waals surface area contributed by atoms with Gasteiger partial charge in [0.1, 0.15) is 18.3 Å². The van der Waals surface area contributed by atoms with E-state index in [0.717, 1.165) is 27.4 Å². The Morgan fingerprint density at radius 3 is 2.12 bits per heavy atom. The Bertz CT molecular complexity index is 1430. The van der Waals surface area contributed by atoms with Gasteiger partial charge in [-0.1, -0.05) is 67.9 Å². The SMILES string of the molecule is CC[C@@H](C)NC(=O)[C@@H](CC)N(Cc1ccc(C)cc1)C(=O)CN(c1cc(C)ccc1OC)S(=O)(=O)c1ccccc1. The Balaban J connectivity index is 2.11. The lowest BCUT2D eigenvalue weighted by atomic mass is 10.1. The van der Waals surface area contributed by atoms with Gasteiger partial charge in [0.2, 0.25) is 11.8 Å². The molecule has 3 aromatic rings. The molecule has 0 aromatic heterocycles. The fourth-order valence-corrected chi connectivity index (χ4v) is 5.92. The largest absolute Gasteiger partial charge is 0.495 e.